The van der Waals surface area contributed by atoms with Crippen LogP contribution in [0.15, 0.2) is 0 Å². The fraction of sp³-hybridized carbons (Fsp3) is 1.00. The number of piperidine rings is 1. The monoisotopic (exact) mass is 189 g/mol. The zero-order chi connectivity index (χ0) is 8.93. The number of sulfone groups is 1. The van der Waals surface area contributed by atoms with E-state index in [1.165, 1.54) is 6.26 Å². The Bertz CT molecular complexity index is 273. The van der Waals surface area contributed by atoms with E-state index in [9.17, 15) is 8.42 Å². The number of rotatable bonds is 2. The third-order valence-electron chi connectivity index (χ3n) is 3.05. The van der Waals surface area contributed by atoms with Gasteiger partial charge in [-0.25, -0.2) is 8.42 Å². The van der Waals surface area contributed by atoms with E-state index >= 15 is 0 Å². The zero-order valence-corrected chi connectivity index (χ0v) is 8.34. The van der Waals surface area contributed by atoms with Gasteiger partial charge in [0.2, 0.25) is 0 Å². The van der Waals surface area contributed by atoms with Crippen molar-refractivity contribution in [3.63, 3.8) is 0 Å². The minimum atomic E-state index is -2.74. The van der Waals surface area contributed by atoms with Crippen molar-refractivity contribution in [2.75, 3.05) is 32.1 Å². The minimum Gasteiger partial charge on any atom is -0.306 e. The van der Waals surface area contributed by atoms with Crippen LogP contribution in [0.4, 0.5) is 0 Å². The van der Waals surface area contributed by atoms with Crippen LogP contribution in [0.3, 0.4) is 0 Å². The van der Waals surface area contributed by atoms with Crippen LogP contribution in [-0.4, -0.2) is 45.5 Å². The molecule has 0 aromatic carbocycles. The van der Waals surface area contributed by atoms with Crippen LogP contribution in [0.5, 0.6) is 0 Å². The first kappa shape index (κ1) is 8.51. The van der Waals surface area contributed by atoms with Crippen molar-refractivity contribution >= 4 is 9.84 Å². The van der Waals surface area contributed by atoms with Gasteiger partial charge in [-0.1, -0.05) is 0 Å². The molecule has 0 N–H and O–H groups in total. The van der Waals surface area contributed by atoms with Crippen LogP contribution >= 0.6 is 0 Å². The highest BCUT2D eigenvalue weighted by molar-refractivity contribution is 7.90. The average Bonchev–Trinajstić information content (AvgIpc) is 2.42. The second-order valence-electron chi connectivity index (χ2n) is 4.31. The number of fused-ring (bicyclic) bond motifs is 1. The fourth-order valence-electron chi connectivity index (χ4n) is 2.46. The maximum atomic E-state index is 11.0. The molecule has 1 aliphatic carbocycles. The van der Waals surface area contributed by atoms with Crippen molar-refractivity contribution in [3.05, 3.63) is 0 Å². The summed E-state index contributed by atoms with van der Waals surface area (Å²) < 4.78 is 22.0. The van der Waals surface area contributed by atoms with Gasteiger partial charge in [0.25, 0.3) is 0 Å². The normalized spacial score (nSPS) is 41.3. The Morgan fingerprint density at radius 1 is 1.33 bits per heavy atom. The molecule has 0 radical (unpaired) electrons. The largest absolute Gasteiger partial charge is 0.306 e. The van der Waals surface area contributed by atoms with Crippen LogP contribution in [-0.2, 0) is 9.84 Å². The number of likely N-dealkylation sites (tertiary alicyclic amines) is 1. The summed E-state index contributed by atoms with van der Waals surface area (Å²) in [4.78, 5) is 2.29. The molecule has 0 bridgehead atoms. The molecule has 2 fully saturated rings. The molecule has 1 unspecified atom stereocenters. The van der Waals surface area contributed by atoms with Crippen molar-refractivity contribution in [3.8, 4) is 0 Å². The molecule has 0 spiro atoms. The van der Waals surface area contributed by atoms with Gasteiger partial charge in [-0.3, -0.25) is 0 Å². The van der Waals surface area contributed by atoms with Gasteiger partial charge >= 0.3 is 0 Å². The maximum absolute atomic E-state index is 11.0. The Morgan fingerprint density at radius 2 is 1.83 bits per heavy atom. The number of hydrogen-bond acceptors (Lipinski definition) is 3. The highest BCUT2D eigenvalue weighted by Crippen LogP contribution is 2.51. The molecule has 0 aromatic rings. The minimum absolute atomic E-state index is 0.413. The van der Waals surface area contributed by atoms with Gasteiger partial charge in [0.15, 0.2) is 0 Å². The Hall–Kier alpha value is -0.0900. The molecule has 4 heteroatoms. The summed E-state index contributed by atoms with van der Waals surface area (Å²) in [6.07, 6.45) is 1.34. The maximum Gasteiger partial charge on any atom is 0.147 e. The number of nitrogens with zero attached hydrogens (tertiary/aromatic N) is 1. The summed E-state index contributed by atoms with van der Waals surface area (Å²) >= 11 is 0. The van der Waals surface area contributed by atoms with Gasteiger partial charge in [-0.2, -0.15) is 0 Å². The Morgan fingerprint density at radius 3 is 2.25 bits per heavy atom. The molecule has 0 amide bonds. The van der Waals surface area contributed by atoms with Crippen LogP contribution in [0.1, 0.15) is 0 Å². The van der Waals surface area contributed by atoms with E-state index in [2.05, 4.69) is 11.9 Å². The first-order valence-corrected chi connectivity index (χ1v) is 6.40. The molecule has 1 saturated heterocycles. The Labute approximate surface area is 73.7 Å². The van der Waals surface area contributed by atoms with Crippen molar-refractivity contribution in [2.45, 2.75) is 0 Å². The molecule has 70 valence electrons. The molecule has 1 aliphatic heterocycles. The lowest BCUT2D eigenvalue weighted by Gasteiger charge is -2.11. The van der Waals surface area contributed by atoms with Crippen molar-refractivity contribution in [2.24, 2.45) is 17.8 Å². The third-order valence-corrected chi connectivity index (χ3v) is 4.04. The zero-order valence-electron chi connectivity index (χ0n) is 7.53. The lowest BCUT2D eigenvalue weighted by molar-refractivity contribution is 0.350. The molecule has 1 saturated carbocycles. The van der Waals surface area contributed by atoms with E-state index in [0.29, 0.717) is 23.5 Å². The Kier molecular flexibility index (Phi) is 1.74. The second kappa shape index (κ2) is 2.45. The van der Waals surface area contributed by atoms with Gasteiger partial charge in [0, 0.05) is 19.3 Å². The Balaban J connectivity index is 1.91. The average molecular weight is 189 g/mol. The fourth-order valence-corrected chi connectivity index (χ4v) is 3.65. The van der Waals surface area contributed by atoms with Crippen LogP contribution in [0.2, 0.25) is 0 Å². The standard InChI is InChI=1S/C8H15NO2S/c1-9-3-6-7(4-9)8(6)5-12(2,10)11/h6-8H,3-5H2,1-2H3/t6-,7+,8?. The predicted molar refractivity (Wildman–Crippen MR) is 47.7 cm³/mol. The molecular formula is C8H15NO2S. The summed E-state index contributed by atoms with van der Waals surface area (Å²) in [6, 6.07) is 0. The molecule has 3 nitrogen and oxygen atoms in total. The summed E-state index contributed by atoms with van der Waals surface area (Å²) in [5.41, 5.74) is 0. The van der Waals surface area contributed by atoms with Crippen LogP contribution in [0.25, 0.3) is 0 Å². The molecule has 12 heavy (non-hydrogen) atoms. The lowest BCUT2D eigenvalue weighted by atomic mass is 10.3. The molecule has 1 heterocycles. The van der Waals surface area contributed by atoms with E-state index < -0.39 is 9.84 Å². The SMILES string of the molecule is CN1C[C@@H]2C(CS(C)(=O)=O)[C@@H]2C1. The first-order valence-electron chi connectivity index (χ1n) is 4.33. The highest BCUT2D eigenvalue weighted by atomic mass is 32.2. The van der Waals surface area contributed by atoms with E-state index in [1.54, 1.807) is 0 Å². The van der Waals surface area contributed by atoms with Gasteiger partial charge in [-0.15, -0.1) is 0 Å². The topological polar surface area (TPSA) is 37.4 Å². The third kappa shape index (κ3) is 1.50. The molecule has 2 rings (SSSR count). The molecular weight excluding hydrogens is 174 g/mol. The van der Waals surface area contributed by atoms with Gasteiger partial charge in [-0.05, 0) is 24.8 Å². The number of hydrogen-bond donors (Lipinski definition) is 0. The smallest absolute Gasteiger partial charge is 0.147 e. The van der Waals surface area contributed by atoms with Crippen LogP contribution in [0, 0.1) is 17.8 Å². The summed E-state index contributed by atoms with van der Waals surface area (Å²) in [5, 5.41) is 0. The van der Waals surface area contributed by atoms with Crippen molar-refractivity contribution in [1.82, 2.24) is 4.90 Å². The van der Waals surface area contributed by atoms with Gasteiger partial charge < -0.3 is 4.90 Å². The highest BCUT2D eigenvalue weighted by Gasteiger charge is 2.55. The van der Waals surface area contributed by atoms with Gasteiger partial charge in [0.1, 0.15) is 9.84 Å². The predicted octanol–water partition coefficient (Wildman–Crippen LogP) is -0.161. The van der Waals surface area contributed by atoms with Crippen molar-refractivity contribution in [1.29, 1.82) is 0 Å². The van der Waals surface area contributed by atoms with Crippen molar-refractivity contribution < 1.29 is 8.42 Å². The summed E-state index contributed by atoms with van der Waals surface area (Å²) in [7, 11) is -0.638. The quantitative estimate of drug-likeness (QED) is 0.605. The van der Waals surface area contributed by atoms with E-state index in [1.807, 2.05) is 0 Å². The lowest BCUT2D eigenvalue weighted by Crippen LogP contribution is -2.21. The first-order chi connectivity index (χ1) is 5.47. The van der Waals surface area contributed by atoms with Gasteiger partial charge in [0.05, 0.1) is 5.75 Å². The van der Waals surface area contributed by atoms with E-state index in [0.717, 1.165) is 13.1 Å². The van der Waals surface area contributed by atoms with E-state index in [-0.39, 0.29) is 0 Å². The molecule has 3 atom stereocenters. The van der Waals surface area contributed by atoms with Crippen LogP contribution < -0.4 is 0 Å². The molecule has 2 aliphatic rings. The summed E-state index contributed by atoms with van der Waals surface area (Å²) in [5.74, 6) is 2.27. The van der Waals surface area contributed by atoms with E-state index in [4.69, 9.17) is 0 Å². The summed E-state index contributed by atoms with van der Waals surface area (Å²) in [6.45, 7) is 2.20. The molecule has 0 aromatic heterocycles. The second-order valence-corrected chi connectivity index (χ2v) is 6.49.